The number of nitrogens with zero attached hydrogens (tertiary/aromatic N) is 1. The molecule has 0 N–H and O–H groups in total. The topological polar surface area (TPSA) is 20.3 Å². The van der Waals surface area contributed by atoms with Crippen LogP contribution in [0, 0.1) is 6.92 Å². The van der Waals surface area contributed by atoms with Crippen LogP contribution in [-0.2, 0) is 6.54 Å². The highest BCUT2D eigenvalue weighted by Crippen LogP contribution is 2.30. The van der Waals surface area contributed by atoms with Crippen LogP contribution in [0.25, 0.3) is 0 Å². The third kappa shape index (κ3) is 1.36. The molecule has 3 rings (SSSR count). The van der Waals surface area contributed by atoms with E-state index in [1.165, 1.54) is 5.56 Å². The Bertz CT molecular complexity index is 541. The molecular formula is C13H11NOS. The van der Waals surface area contributed by atoms with Crippen molar-refractivity contribution in [2.24, 2.45) is 0 Å². The molecule has 0 atom stereocenters. The second-order valence-electron chi connectivity index (χ2n) is 4.04. The van der Waals surface area contributed by atoms with E-state index in [-0.39, 0.29) is 5.91 Å². The van der Waals surface area contributed by atoms with Crippen LogP contribution in [0.3, 0.4) is 0 Å². The normalized spacial score (nSPS) is 14.3. The largest absolute Gasteiger partial charge is 0.304 e. The van der Waals surface area contributed by atoms with Crippen LogP contribution in [-0.4, -0.2) is 5.91 Å². The van der Waals surface area contributed by atoms with Crippen molar-refractivity contribution in [2.45, 2.75) is 13.5 Å². The molecule has 0 saturated carbocycles. The number of carbonyl (C=O) groups is 1. The van der Waals surface area contributed by atoms with Gasteiger partial charge in [-0.1, -0.05) is 17.7 Å². The van der Waals surface area contributed by atoms with Gasteiger partial charge in [0.1, 0.15) is 0 Å². The fourth-order valence-electron chi connectivity index (χ4n) is 1.95. The molecule has 0 radical (unpaired) electrons. The minimum absolute atomic E-state index is 0.125. The third-order valence-electron chi connectivity index (χ3n) is 2.89. The molecule has 80 valence electrons. The molecule has 0 spiro atoms. The minimum Gasteiger partial charge on any atom is -0.304 e. The van der Waals surface area contributed by atoms with Crippen molar-refractivity contribution in [3.63, 3.8) is 0 Å². The second-order valence-corrected chi connectivity index (χ2v) is 4.78. The van der Waals surface area contributed by atoms with Gasteiger partial charge in [0.2, 0.25) is 0 Å². The number of aryl methyl sites for hydroxylation is 1. The molecule has 1 amide bonds. The molecule has 0 aliphatic carbocycles. The van der Waals surface area contributed by atoms with Gasteiger partial charge in [-0.2, -0.15) is 11.3 Å². The first-order valence-electron chi connectivity index (χ1n) is 5.19. The van der Waals surface area contributed by atoms with Gasteiger partial charge in [-0.05, 0) is 30.0 Å². The number of thiophene rings is 1. The first kappa shape index (κ1) is 9.60. The number of carbonyl (C=O) groups excluding carboxylic acids is 1. The molecule has 0 unspecified atom stereocenters. The predicted molar refractivity (Wildman–Crippen MR) is 66.0 cm³/mol. The summed E-state index contributed by atoms with van der Waals surface area (Å²) in [6.45, 7) is 2.76. The average Bonchev–Trinajstić information content (AvgIpc) is 2.84. The lowest BCUT2D eigenvalue weighted by atomic mass is 10.2. The van der Waals surface area contributed by atoms with Crippen molar-refractivity contribution < 1.29 is 4.79 Å². The Morgan fingerprint density at radius 3 is 2.62 bits per heavy atom. The van der Waals surface area contributed by atoms with Crippen LogP contribution in [0.5, 0.6) is 0 Å². The maximum Gasteiger partial charge on any atom is 0.259 e. The van der Waals surface area contributed by atoms with Crippen LogP contribution in [0.4, 0.5) is 5.69 Å². The Hall–Kier alpha value is -1.61. The van der Waals surface area contributed by atoms with Crippen LogP contribution in [0.1, 0.15) is 21.5 Å². The third-order valence-corrected chi connectivity index (χ3v) is 3.68. The lowest BCUT2D eigenvalue weighted by Gasteiger charge is -2.15. The van der Waals surface area contributed by atoms with Crippen LogP contribution in [0.15, 0.2) is 35.0 Å². The Morgan fingerprint density at radius 1 is 1.19 bits per heavy atom. The molecule has 0 fully saturated rings. The number of fused-ring (bicyclic) bond motifs is 1. The molecule has 0 bridgehead atoms. The summed E-state index contributed by atoms with van der Waals surface area (Å²) in [4.78, 5) is 13.9. The molecule has 3 heteroatoms. The standard InChI is InChI=1S/C13H11NOS/c1-9-2-4-11(5-3-9)14-6-10-7-16-8-12(10)13(14)15/h2-5,7-8H,6H2,1H3. The number of rotatable bonds is 1. The minimum atomic E-state index is 0.125. The van der Waals surface area contributed by atoms with E-state index in [1.54, 1.807) is 11.3 Å². The Kier molecular flexibility index (Phi) is 2.07. The predicted octanol–water partition coefficient (Wildman–Crippen LogP) is 3.22. The van der Waals surface area contributed by atoms with Crippen molar-refractivity contribution in [1.82, 2.24) is 0 Å². The molecule has 2 nitrogen and oxygen atoms in total. The summed E-state index contributed by atoms with van der Waals surface area (Å²) >= 11 is 1.60. The first-order valence-corrected chi connectivity index (χ1v) is 6.13. The van der Waals surface area contributed by atoms with E-state index >= 15 is 0 Å². The molecule has 1 aliphatic heterocycles. The van der Waals surface area contributed by atoms with E-state index < -0.39 is 0 Å². The van der Waals surface area contributed by atoms with Gasteiger partial charge in [0.05, 0.1) is 12.1 Å². The van der Waals surface area contributed by atoms with E-state index in [9.17, 15) is 4.79 Å². The van der Waals surface area contributed by atoms with Gasteiger partial charge in [0, 0.05) is 11.1 Å². The highest BCUT2D eigenvalue weighted by Gasteiger charge is 2.28. The van der Waals surface area contributed by atoms with Crippen LogP contribution >= 0.6 is 11.3 Å². The van der Waals surface area contributed by atoms with Gasteiger partial charge in [0.15, 0.2) is 0 Å². The average molecular weight is 229 g/mol. The van der Waals surface area contributed by atoms with Gasteiger partial charge >= 0.3 is 0 Å². The number of benzene rings is 1. The fourth-order valence-corrected chi connectivity index (χ4v) is 2.78. The maximum atomic E-state index is 12.1. The summed E-state index contributed by atoms with van der Waals surface area (Å²) in [5.74, 6) is 0.125. The van der Waals surface area contributed by atoms with Crippen molar-refractivity contribution in [2.75, 3.05) is 4.90 Å². The lowest BCUT2D eigenvalue weighted by molar-refractivity contribution is 0.0997. The Balaban J connectivity index is 1.97. The Morgan fingerprint density at radius 2 is 1.94 bits per heavy atom. The quantitative estimate of drug-likeness (QED) is 0.735. The van der Waals surface area contributed by atoms with Crippen molar-refractivity contribution in [1.29, 1.82) is 0 Å². The zero-order valence-electron chi connectivity index (χ0n) is 8.93. The molecule has 1 aromatic heterocycles. The zero-order chi connectivity index (χ0) is 11.1. The number of anilines is 1. The van der Waals surface area contributed by atoms with Gasteiger partial charge in [-0.15, -0.1) is 0 Å². The van der Waals surface area contributed by atoms with Crippen LogP contribution < -0.4 is 4.90 Å². The molecule has 16 heavy (non-hydrogen) atoms. The monoisotopic (exact) mass is 229 g/mol. The van der Waals surface area contributed by atoms with Gasteiger partial charge in [-0.25, -0.2) is 0 Å². The smallest absolute Gasteiger partial charge is 0.259 e. The summed E-state index contributed by atoms with van der Waals surface area (Å²) in [5.41, 5.74) is 4.21. The maximum absolute atomic E-state index is 12.1. The lowest BCUT2D eigenvalue weighted by Crippen LogP contribution is -2.22. The van der Waals surface area contributed by atoms with E-state index in [0.717, 1.165) is 16.8 Å². The summed E-state index contributed by atoms with van der Waals surface area (Å²) in [6.07, 6.45) is 0. The van der Waals surface area contributed by atoms with E-state index in [4.69, 9.17) is 0 Å². The highest BCUT2D eigenvalue weighted by molar-refractivity contribution is 7.08. The summed E-state index contributed by atoms with van der Waals surface area (Å²) in [6, 6.07) is 8.08. The summed E-state index contributed by atoms with van der Waals surface area (Å²) in [5, 5.41) is 3.99. The summed E-state index contributed by atoms with van der Waals surface area (Å²) < 4.78 is 0. The second kappa shape index (κ2) is 3.46. The number of hydrogen-bond acceptors (Lipinski definition) is 2. The number of hydrogen-bond donors (Lipinski definition) is 0. The SMILES string of the molecule is Cc1ccc(N2Cc3cscc3C2=O)cc1. The van der Waals surface area contributed by atoms with E-state index in [1.807, 2.05) is 41.5 Å². The van der Waals surface area contributed by atoms with E-state index in [2.05, 4.69) is 5.38 Å². The van der Waals surface area contributed by atoms with Gasteiger partial charge in [0.25, 0.3) is 5.91 Å². The van der Waals surface area contributed by atoms with E-state index in [0.29, 0.717) is 6.54 Å². The first-order chi connectivity index (χ1) is 7.75. The molecule has 0 saturated heterocycles. The van der Waals surface area contributed by atoms with Gasteiger partial charge < -0.3 is 4.90 Å². The van der Waals surface area contributed by atoms with Crippen molar-refractivity contribution in [3.05, 3.63) is 51.7 Å². The molecule has 1 aromatic carbocycles. The van der Waals surface area contributed by atoms with Gasteiger partial charge in [-0.3, -0.25) is 4.79 Å². The molecular weight excluding hydrogens is 218 g/mol. The Labute approximate surface area is 98.1 Å². The van der Waals surface area contributed by atoms with Crippen LogP contribution in [0.2, 0.25) is 0 Å². The zero-order valence-corrected chi connectivity index (χ0v) is 9.75. The van der Waals surface area contributed by atoms with Crippen molar-refractivity contribution in [3.8, 4) is 0 Å². The fraction of sp³-hybridized carbons (Fsp3) is 0.154. The molecule has 2 heterocycles. The highest BCUT2D eigenvalue weighted by atomic mass is 32.1. The van der Waals surface area contributed by atoms with Crippen molar-refractivity contribution >= 4 is 22.9 Å². The number of amides is 1. The molecule has 2 aromatic rings. The molecule has 1 aliphatic rings. The summed E-state index contributed by atoms with van der Waals surface area (Å²) in [7, 11) is 0.